The molecule has 0 saturated carbocycles. The number of nitrogens with two attached hydrogens (primary N) is 1. The third-order valence-electron chi connectivity index (χ3n) is 2.99. The molecular weight excluding hydrogens is 224 g/mol. The highest BCUT2D eigenvalue weighted by atomic mass is 16.5. The maximum Gasteiger partial charge on any atom is 0.137 e. The minimum absolute atomic E-state index is 0.0161. The quantitative estimate of drug-likeness (QED) is 0.677. The standard InChI is InChI=1S/C15H26N2O/c1-3-4-5-6-7-8-11-18-14-9-10-15(13(2)16)17-12-14/h9-10,12-13H,3-8,11,16H2,1-2H3/t13-/m0/s1. The summed E-state index contributed by atoms with van der Waals surface area (Å²) >= 11 is 0. The van der Waals surface area contributed by atoms with Crippen LogP contribution in [0.3, 0.4) is 0 Å². The van der Waals surface area contributed by atoms with Crippen LogP contribution in [0.2, 0.25) is 0 Å². The number of hydrogen-bond acceptors (Lipinski definition) is 3. The second-order valence-electron chi connectivity index (χ2n) is 4.82. The lowest BCUT2D eigenvalue weighted by molar-refractivity contribution is 0.303. The van der Waals surface area contributed by atoms with Crippen LogP contribution in [0.5, 0.6) is 5.75 Å². The molecule has 1 rings (SSSR count). The third kappa shape index (κ3) is 6.01. The van der Waals surface area contributed by atoms with Crippen LogP contribution in [0, 0.1) is 0 Å². The van der Waals surface area contributed by atoms with E-state index in [1.807, 2.05) is 19.1 Å². The highest BCUT2D eigenvalue weighted by molar-refractivity contribution is 5.21. The summed E-state index contributed by atoms with van der Waals surface area (Å²) in [7, 11) is 0. The highest BCUT2D eigenvalue weighted by Gasteiger charge is 2.01. The summed E-state index contributed by atoms with van der Waals surface area (Å²) in [6, 6.07) is 3.86. The van der Waals surface area contributed by atoms with Gasteiger partial charge in [0.15, 0.2) is 0 Å². The molecule has 3 nitrogen and oxygen atoms in total. The zero-order valence-corrected chi connectivity index (χ0v) is 11.7. The van der Waals surface area contributed by atoms with Gasteiger partial charge < -0.3 is 10.5 Å². The van der Waals surface area contributed by atoms with Gasteiger partial charge in [-0.2, -0.15) is 0 Å². The number of nitrogens with zero attached hydrogens (tertiary/aromatic N) is 1. The molecule has 0 aliphatic carbocycles. The topological polar surface area (TPSA) is 48.1 Å². The fraction of sp³-hybridized carbons (Fsp3) is 0.667. The Morgan fingerprint density at radius 1 is 1.17 bits per heavy atom. The van der Waals surface area contributed by atoms with Gasteiger partial charge in [-0.05, 0) is 25.5 Å². The lowest BCUT2D eigenvalue weighted by atomic mass is 10.1. The monoisotopic (exact) mass is 250 g/mol. The predicted octanol–water partition coefficient (Wildman–Crippen LogP) is 3.84. The number of unbranched alkanes of at least 4 members (excludes halogenated alkanes) is 5. The summed E-state index contributed by atoms with van der Waals surface area (Å²) in [5, 5.41) is 0. The van der Waals surface area contributed by atoms with Gasteiger partial charge in [-0.1, -0.05) is 39.0 Å². The Morgan fingerprint density at radius 3 is 2.50 bits per heavy atom. The maximum atomic E-state index is 5.74. The Labute approximate surface area is 111 Å². The van der Waals surface area contributed by atoms with E-state index < -0.39 is 0 Å². The van der Waals surface area contributed by atoms with Gasteiger partial charge in [-0.3, -0.25) is 4.98 Å². The molecule has 18 heavy (non-hydrogen) atoms. The molecular formula is C15H26N2O. The van der Waals surface area contributed by atoms with Crippen molar-refractivity contribution in [1.82, 2.24) is 4.98 Å². The average Bonchev–Trinajstić information content (AvgIpc) is 2.38. The van der Waals surface area contributed by atoms with Gasteiger partial charge in [0.1, 0.15) is 5.75 Å². The second-order valence-corrected chi connectivity index (χ2v) is 4.82. The molecule has 0 radical (unpaired) electrons. The molecule has 0 fully saturated rings. The molecule has 3 heteroatoms. The first-order chi connectivity index (χ1) is 8.74. The van der Waals surface area contributed by atoms with Crippen molar-refractivity contribution in [2.75, 3.05) is 6.61 Å². The minimum atomic E-state index is -0.0161. The summed E-state index contributed by atoms with van der Waals surface area (Å²) in [6.45, 7) is 4.95. The van der Waals surface area contributed by atoms with Crippen LogP contribution in [0.15, 0.2) is 18.3 Å². The lowest BCUT2D eigenvalue weighted by Crippen LogP contribution is -2.07. The average molecular weight is 250 g/mol. The fourth-order valence-corrected chi connectivity index (χ4v) is 1.82. The molecule has 1 aromatic rings. The van der Waals surface area contributed by atoms with E-state index >= 15 is 0 Å². The van der Waals surface area contributed by atoms with Crippen LogP contribution in [-0.2, 0) is 0 Å². The molecule has 2 N–H and O–H groups in total. The Kier molecular flexibility index (Phi) is 7.42. The normalized spacial score (nSPS) is 12.4. The van der Waals surface area contributed by atoms with Crippen molar-refractivity contribution < 1.29 is 4.74 Å². The van der Waals surface area contributed by atoms with E-state index in [0.29, 0.717) is 0 Å². The van der Waals surface area contributed by atoms with Gasteiger partial charge in [0.2, 0.25) is 0 Å². The summed E-state index contributed by atoms with van der Waals surface area (Å²) in [5.74, 6) is 0.841. The number of aromatic nitrogens is 1. The summed E-state index contributed by atoms with van der Waals surface area (Å²) < 4.78 is 5.64. The van der Waals surface area contributed by atoms with Crippen molar-refractivity contribution in [3.05, 3.63) is 24.0 Å². The van der Waals surface area contributed by atoms with Crippen molar-refractivity contribution in [3.63, 3.8) is 0 Å². The Balaban J connectivity index is 2.12. The van der Waals surface area contributed by atoms with Crippen molar-refractivity contribution in [3.8, 4) is 5.75 Å². The van der Waals surface area contributed by atoms with Crippen LogP contribution in [0.25, 0.3) is 0 Å². The largest absolute Gasteiger partial charge is 0.492 e. The van der Waals surface area contributed by atoms with Crippen molar-refractivity contribution in [2.45, 2.75) is 58.4 Å². The van der Waals surface area contributed by atoms with Gasteiger partial charge in [0.25, 0.3) is 0 Å². The van der Waals surface area contributed by atoms with E-state index in [0.717, 1.165) is 24.5 Å². The Hall–Kier alpha value is -1.09. The van der Waals surface area contributed by atoms with E-state index in [2.05, 4.69) is 11.9 Å². The van der Waals surface area contributed by atoms with Crippen molar-refractivity contribution >= 4 is 0 Å². The molecule has 1 heterocycles. The molecule has 0 aromatic carbocycles. The molecule has 0 bridgehead atoms. The Bertz CT molecular complexity index is 309. The zero-order valence-electron chi connectivity index (χ0n) is 11.7. The zero-order chi connectivity index (χ0) is 13.2. The first-order valence-corrected chi connectivity index (χ1v) is 7.08. The van der Waals surface area contributed by atoms with E-state index in [1.54, 1.807) is 6.20 Å². The fourth-order valence-electron chi connectivity index (χ4n) is 1.82. The number of pyridine rings is 1. The molecule has 1 atom stereocenters. The van der Waals surface area contributed by atoms with Crippen molar-refractivity contribution in [2.24, 2.45) is 5.73 Å². The van der Waals surface area contributed by atoms with Crippen LogP contribution < -0.4 is 10.5 Å². The molecule has 0 unspecified atom stereocenters. The van der Waals surface area contributed by atoms with Crippen molar-refractivity contribution in [1.29, 1.82) is 0 Å². The van der Waals surface area contributed by atoms with Crippen LogP contribution in [0.4, 0.5) is 0 Å². The first-order valence-electron chi connectivity index (χ1n) is 7.08. The van der Waals surface area contributed by atoms with Crippen LogP contribution in [-0.4, -0.2) is 11.6 Å². The van der Waals surface area contributed by atoms with Gasteiger partial charge in [-0.25, -0.2) is 0 Å². The van der Waals surface area contributed by atoms with Gasteiger partial charge in [0.05, 0.1) is 18.5 Å². The molecule has 0 aliphatic heterocycles. The minimum Gasteiger partial charge on any atom is -0.492 e. The number of ether oxygens (including phenoxy) is 1. The Morgan fingerprint density at radius 2 is 1.89 bits per heavy atom. The van der Waals surface area contributed by atoms with E-state index in [-0.39, 0.29) is 6.04 Å². The number of hydrogen-bond donors (Lipinski definition) is 1. The van der Waals surface area contributed by atoms with Gasteiger partial charge in [0, 0.05) is 6.04 Å². The molecule has 1 aromatic heterocycles. The van der Waals surface area contributed by atoms with Crippen LogP contribution in [0.1, 0.15) is 64.1 Å². The lowest BCUT2D eigenvalue weighted by Gasteiger charge is -2.08. The van der Waals surface area contributed by atoms with Crippen LogP contribution >= 0.6 is 0 Å². The van der Waals surface area contributed by atoms with Gasteiger partial charge in [-0.15, -0.1) is 0 Å². The van der Waals surface area contributed by atoms with E-state index in [9.17, 15) is 0 Å². The summed E-state index contributed by atoms with van der Waals surface area (Å²) in [5.41, 5.74) is 6.64. The van der Waals surface area contributed by atoms with Gasteiger partial charge >= 0.3 is 0 Å². The van der Waals surface area contributed by atoms with E-state index in [4.69, 9.17) is 10.5 Å². The third-order valence-corrected chi connectivity index (χ3v) is 2.99. The highest BCUT2D eigenvalue weighted by Crippen LogP contribution is 2.13. The second kappa shape index (κ2) is 8.92. The molecule has 102 valence electrons. The molecule has 0 amide bonds. The number of rotatable bonds is 9. The first kappa shape index (κ1) is 15.0. The molecule has 0 aliphatic rings. The molecule has 0 spiro atoms. The summed E-state index contributed by atoms with van der Waals surface area (Å²) in [4.78, 5) is 4.27. The molecule has 0 saturated heterocycles. The maximum absolute atomic E-state index is 5.74. The predicted molar refractivity (Wildman–Crippen MR) is 75.7 cm³/mol. The van der Waals surface area contributed by atoms with E-state index in [1.165, 1.54) is 32.1 Å². The summed E-state index contributed by atoms with van der Waals surface area (Å²) in [6.07, 6.45) is 9.46. The SMILES string of the molecule is CCCCCCCCOc1ccc([C@H](C)N)nc1. The smallest absolute Gasteiger partial charge is 0.137 e.